The Labute approximate surface area is 240 Å². The van der Waals surface area contributed by atoms with E-state index in [1.165, 1.54) is 70.6 Å². The molecule has 2 aromatic carbocycles. The number of benzene rings is 2. The van der Waals surface area contributed by atoms with Gasteiger partial charge in [-0.3, -0.25) is 4.79 Å². The van der Waals surface area contributed by atoms with E-state index in [0.717, 1.165) is 18.6 Å². The second kappa shape index (κ2) is 19.5. The molecule has 2 atom stereocenters. The zero-order valence-corrected chi connectivity index (χ0v) is 24.8. The maximum absolute atomic E-state index is 12.5. The molecule has 0 aromatic heterocycles. The fourth-order valence-corrected chi connectivity index (χ4v) is 4.38. The van der Waals surface area contributed by atoms with Gasteiger partial charge >= 0.3 is 5.97 Å². The monoisotopic (exact) mass is 558 g/mol. The first kappa shape index (κ1) is 32.6. The van der Waals surface area contributed by atoms with Gasteiger partial charge < -0.3 is 14.7 Å². The number of alkyl halides is 1. The highest BCUT2D eigenvalue weighted by atomic mass is 35.5. The molecule has 0 saturated carbocycles. The third-order valence-electron chi connectivity index (χ3n) is 6.95. The summed E-state index contributed by atoms with van der Waals surface area (Å²) in [5, 5.41) is 15.8. The smallest absolute Gasteiger partial charge is 0.329 e. The van der Waals surface area contributed by atoms with Gasteiger partial charge in [-0.15, -0.1) is 11.6 Å². The van der Waals surface area contributed by atoms with Crippen molar-refractivity contribution < 1.29 is 19.1 Å². The fraction of sp³-hybridized carbons (Fsp3) is 0.594. The molecule has 0 amide bonds. The van der Waals surface area contributed by atoms with Crippen LogP contribution in [-0.4, -0.2) is 22.8 Å². The summed E-state index contributed by atoms with van der Waals surface area (Å²) in [5.74, 6) is 0.646. The first-order chi connectivity index (χ1) is 18.9. The van der Waals surface area contributed by atoms with E-state index >= 15 is 0 Å². The van der Waals surface area contributed by atoms with E-state index in [9.17, 15) is 10.0 Å². The number of hydrogen-bond acceptors (Lipinski definition) is 5. The van der Waals surface area contributed by atoms with E-state index in [1.807, 2.05) is 13.8 Å². The van der Waals surface area contributed by atoms with Gasteiger partial charge in [0.1, 0.15) is 22.6 Å². The lowest BCUT2D eigenvalue weighted by Crippen LogP contribution is -2.26. The van der Waals surface area contributed by atoms with Crippen LogP contribution in [0.1, 0.15) is 104 Å². The lowest BCUT2D eigenvalue weighted by molar-refractivity contribution is -0.435. The van der Waals surface area contributed by atoms with Crippen molar-refractivity contribution in [2.24, 2.45) is 11.0 Å². The van der Waals surface area contributed by atoms with Gasteiger partial charge in [-0.25, -0.2) is 0 Å². The van der Waals surface area contributed by atoms with Gasteiger partial charge in [0.2, 0.25) is 5.69 Å². The molecule has 0 bridgehead atoms. The van der Waals surface area contributed by atoms with E-state index in [1.54, 1.807) is 48.5 Å². The number of unbranched alkanes of at least 4 members (excludes halogenated alkanes) is 11. The number of carbonyl (C=O) groups is 1. The van der Waals surface area contributed by atoms with E-state index in [0.29, 0.717) is 28.6 Å². The molecule has 0 spiro atoms. The minimum absolute atomic E-state index is 0.0219. The normalized spacial score (nSPS) is 13.2. The summed E-state index contributed by atoms with van der Waals surface area (Å²) in [5.41, 5.74) is 0.850. The van der Waals surface area contributed by atoms with E-state index < -0.39 is 11.3 Å². The third-order valence-corrected chi connectivity index (χ3v) is 7.56. The zero-order chi connectivity index (χ0) is 28.3. The topological polar surface area (TPSA) is 74.0 Å². The Kier molecular flexibility index (Phi) is 16.3. The Morgan fingerprint density at radius 3 is 1.87 bits per heavy atom. The molecular weight excluding hydrogens is 512 g/mol. The molecule has 0 aliphatic heterocycles. The molecule has 6 nitrogen and oxygen atoms in total. The maximum atomic E-state index is 12.5. The molecule has 0 heterocycles. The van der Waals surface area contributed by atoms with E-state index in [2.05, 4.69) is 12.0 Å². The van der Waals surface area contributed by atoms with Gasteiger partial charge in [-0.05, 0) is 48.7 Å². The van der Waals surface area contributed by atoms with Gasteiger partial charge in [-0.1, -0.05) is 103 Å². The standard InChI is InChI=1S/C32H47ClN2O4/c1-4-6-7-8-9-10-11-12-13-14-15-16-25-38-29-23-19-28(20-24-29)35(37)34-27-17-21-30(22-18-27)39-32(36)31(33)26(3)5-2/h17-24,26,31H,4-16,25H2,1-3H3/t26-,31-/m0/s1. The largest absolute Gasteiger partial charge is 0.594 e. The van der Waals surface area contributed by atoms with Crippen LogP contribution in [0.15, 0.2) is 53.6 Å². The Hall–Kier alpha value is -2.60. The zero-order valence-electron chi connectivity index (χ0n) is 24.1. The van der Waals surface area contributed by atoms with Crippen molar-refractivity contribution in [3.05, 3.63) is 53.7 Å². The molecule has 2 aromatic rings. The van der Waals surface area contributed by atoms with Gasteiger partial charge in [0.25, 0.3) is 0 Å². The van der Waals surface area contributed by atoms with Crippen LogP contribution in [0.3, 0.4) is 0 Å². The minimum Gasteiger partial charge on any atom is -0.594 e. The number of nitrogens with zero attached hydrogens (tertiary/aromatic N) is 2. The van der Waals surface area contributed by atoms with Crippen molar-refractivity contribution in [1.29, 1.82) is 0 Å². The average Bonchev–Trinajstić information content (AvgIpc) is 2.95. The Morgan fingerprint density at radius 1 is 0.821 bits per heavy atom. The molecular formula is C32H47ClN2O4. The molecule has 0 saturated heterocycles. The summed E-state index contributed by atoms with van der Waals surface area (Å²) in [6.07, 6.45) is 16.6. The fourth-order valence-electron chi connectivity index (χ4n) is 4.16. The second-order valence-electron chi connectivity index (χ2n) is 10.3. The van der Waals surface area contributed by atoms with Crippen LogP contribution in [0.2, 0.25) is 0 Å². The predicted molar refractivity (Wildman–Crippen MR) is 160 cm³/mol. The van der Waals surface area contributed by atoms with Crippen LogP contribution in [0.25, 0.3) is 0 Å². The summed E-state index contributed by atoms with van der Waals surface area (Å²) in [6.45, 7) is 6.82. The summed E-state index contributed by atoms with van der Waals surface area (Å²) in [4.78, 5) is 12.7. The Bertz CT molecular complexity index is 963. The van der Waals surface area contributed by atoms with Crippen LogP contribution in [0.4, 0.5) is 11.4 Å². The highest BCUT2D eigenvalue weighted by Crippen LogP contribution is 2.24. The molecule has 0 radical (unpaired) electrons. The van der Waals surface area contributed by atoms with Crippen molar-refractivity contribution in [3.8, 4) is 11.5 Å². The van der Waals surface area contributed by atoms with Crippen molar-refractivity contribution in [2.75, 3.05) is 6.61 Å². The molecule has 0 fully saturated rings. The molecule has 216 valence electrons. The quantitative estimate of drug-likeness (QED) is 0.0308. The molecule has 0 aliphatic rings. The number of ether oxygens (including phenoxy) is 2. The summed E-state index contributed by atoms with van der Waals surface area (Å²) >= 11 is 6.14. The van der Waals surface area contributed by atoms with Crippen molar-refractivity contribution >= 4 is 28.9 Å². The van der Waals surface area contributed by atoms with Crippen LogP contribution in [-0.2, 0) is 4.79 Å². The summed E-state index contributed by atoms with van der Waals surface area (Å²) < 4.78 is 11.2. The SMILES string of the molecule is CCCCCCCCCCCCCCOc1ccc([N+]([O-])=Nc2ccc(OC(=O)[C@@H](Cl)[C@@H](C)CC)cc2)cc1. The lowest BCUT2D eigenvalue weighted by Gasteiger charge is -2.14. The molecule has 7 heteroatoms. The average molecular weight is 559 g/mol. The summed E-state index contributed by atoms with van der Waals surface area (Å²) in [7, 11) is 0. The van der Waals surface area contributed by atoms with Crippen molar-refractivity contribution in [1.82, 2.24) is 0 Å². The van der Waals surface area contributed by atoms with Crippen LogP contribution in [0.5, 0.6) is 11.5 Å². The third kappa shape index (κ3) is 13.3. The van der Waals surface area contributed by atoms with Crippen molar-refractivity contribution in [3.63, 3.8) is 0 Å². The second-order valence-corrected chi connectivity index (χ2v) is 10.8. The lowest BCUT2D eigenvalue weighted by atomic mass is 10.1. The summed E-state index contributed by atoms with van der Waals surface area (Å²) in [6, 6.07) is 13.4. The minimum atomic E-state index is -0.701. The first-order valence-electron chi connectivity index (χ1n) is 14.8. The predicted octanol–water partition coefficient (Wildman–Crippen LogP) is 10.3. The highest BCUT2D eigenvalue weighted by molar-refractivity contribution is 6.30. The number of halogens is 1. The van der Waals surface area contributed by atoms with E-state index in [4.69, 9.17) is 21.1 Å². The maximum Gasteiger partial charge on any atom is 0.329 e. The van der Waals surface area contributed by atoms with E-state index in [-0.39, 0.29) is 5.92 Å². The number of rotatable bonds is 20. The number of hydrogen-bond donors (Lipinski definition) is 0. The first-order valence-corrected chi connectivity index (χ1v) is 15.3. The number of esters is 1. The van der Waals surface area contributed by atoms with Gasteiger partial charge in [-0.2, -0.15) is 0 Å². The van der Waals surface area contributed by atoms with Crippen LogP contribution >= 0.6 is 11.6 Å². The van der Waals surface area contributed by atoms with Gasteiger partial charge in [0.05, 0.1) is 6.61 Å². The highest BCUT2D eigenvalue weighted by Gasteiger charge is 2.23. The molecule has 0 unspecified atom stereocenters. The van der Waals surface area contributed by atoms with Crippen molar-refractivity contribution in [2.45, 2.75) is 110 Å². The number of carbonyl (C=O) groups excluding carboxylic acids is 1. The van der Waals surface area contributed by atoms with Gasteiger partial charge in [0, 0.05) is 17.2 Å². The Balaban J connectivity index is 1.65. The Morgan fingerprint density at radius 2 is 1.33 bits per heavy atom. The van der Waals surface area contributed by atoms with Crippen LogP contribution in [0, 0.1) is 11.1 Å². The molecule has 39 heavy (non-hydrogen) atoms. The van der Waals surface area contributed by atoms with Crippen LogP contribution < -0.4 is 9.47 Å². The van der Waals surface area contributed by atoms with Gasteiger partial charge in [0.15, 0.2) is 0 Å². The molecule has 2 rings (SSSR count). The molecule has 0 aliphatic carbocycles. The number of azo groups is 1. The molecule has 0 N–H and O–H groups in total.